The lowest BCUT2D eigenvalue weighted by Gasteiger charge is -2.19. The molecule has 0 bridgehead atoms. The van der Waals surface area contributed by atoms with Crippen molar-refractivity contribution in [3.8, 4) is 0 Å². The molecule has 22 heavy (non-hydrogen) atoms. The molecular formula is C15H21BrN4O2. The smallest absolute Gasteiger partial charge is 0.262 e. The molecule has 3 N–H and O–H groups in total. The summed E-state index contributed by atoms with van der Waals surface area (Å²) < 4.78 is 3.10. The van der Waals surface area contributed by atoms with Crippen molar-refractivity contribution < 1.29 is 10.0 Å². The summed E-state index contributed by atoms with van der Waals surface area (Å²) in [6, 6.07) is 3.89. The number of nitrogens with zero attached hydrogens (tertiary/aromatic N) is 2. The van der Waals surface area contributed by atoms with E-state index in [0.717, 1.165) is 27.9 Å². The van der Waals surface area contributed by atoms with Crippen LogP contribution in [0.1, 0.15) is 32.2 Å². The average Bonchev–Trinajstić information content (AvgIpc) is 2.77. The molecule has 2 aromatic rings. The van der Waals surface area contributed by atoms with E-state index < -0.39 is 5.91 Å². The lowest BCUT2D eigenvalue weighted by molar-refractivity contribution is -0.127. The third-order valence-corrected chi connectivity index (χ3v) is 4.14. The number of aryl methyl sites for hydroxylation is 1. The highest BCUT2D eigenvalue weighted by Crippen LogP contribution is 2.29. The van der Waals surface area contributed by atoms with E-state index in [1.807, 2.05) is 19.1 Å². The van der Waals surface area contributed by atoms with Crippen molar-refractivity contribution in [2.24, 2.45) is 5.41 Å². The monoisotopic (exact) mass is 368 g/mol. The summed E-state index contributed by atoms with van der Waals surface area (Å²) in [6.45, 7) is 8.46. The Morgan fingerprint density at radius 2 is 2.09 bits per heavy atom. The molecule has 0 radical (unpaired) electrons. The molecule has 0 fully saturated rings. The fourth-order valence-corrected chi connectivity index (χ4v) is 2.65. The molecule has 0 aromatic carbocycles. The van der Waals surface area contributed by atoms with Gasteiger partial charge in [-0.2, -0.15) is 0 Å². The first kappa shape index (κ1) is 16.8. The second-order valence-electron chi connectivity index (χ2n) is 6.49. The van der Waals surface area contributed by atoms with Crippen LogP contribution in [0.15, 0.2) is 16.6 Å². The molecule has 120 valence electrons. The molecule has 7 heteroatoms. The van der Waals surface area contributed by atoms with E-state index in [-0.39, 0.29) is 12.0 Å². The molecule has 2 aromatic heterocycles. The lowest BCUT2D eigenvalue weighted by atomic mass is 9.90. The number of carbonyl (C=O) groups excluding carboxylic acids is 1. The Kier molecular flexibility index (Phi) is 4.77. The first-order valence-corrected chi connectivity index (χ1v) is 7.85. The minimum Gasteiger partial charge on any atom is -0.359 e. The predicted molar refractivity (Wildman–Crippen MR) is 89.2 cm³/mol. The highest BCUT2D eigenvalue weighted by molar-refractivity contribution is 9.10. The second kappa shape index (κ2) is 6.26. The summed E-state index contributed by atoms with van der Waals surface area (Å²) in [4.78, 5) is 15.8. The zero-order valence-corrected chi connectivity index (χ0v) is 14.8. The number of hydrogen-bond donors (Lipinski definition) is 3. The Labute approximate surface area is 138 Å². The van der Waals surface area contributed by atoms with Gasteiger partial charge >= 0.3 is 0 Å². The van der Waals surface area contributed by atoms with Gasteiger partial charge in [0.25, 0.3) is 5.91 Å². The molecule has 0 aliphatic heterocycles. The SMILES string of the molecule is Cc1c(Br)ccc2nc(NCC(=O)NO)c(CC(C)(C)C)n12. The zero-order chi connectivity index (χ0) is 16.5. The van der Waals surface area contributed by atoms with Crippen LogP contribution in [0.25, 0.3) is 5.65 Å². The van der Waals surface area contributed by atoms with Crippen LogP contribution in [0.3, 0.4) is 0 Å². The Morgan fingerprint density at radius 1 is 1.41 bits per heavy atom. The number of aromatic nitrogens is 2. The topological polar surface area (TPSA) is 78.7 Å². The average molecular weight is 369 g/mol. The van der Waals surface area contributed by atoms with Crippen LogP contribution in [0.4, 0.5) is 5.82 Å². The van der Waals surface area contributed by atoms with Crippen LogP contribution in [0.2, 0.25) is 0 Å². The molecular weight excluding hydrogens is 348 g/mol. The van der Waals surface area contributed by atoms with Crippen LogP contribution in [0.5, 0.6) is 0 Å². The largest absolute Gasteiger partial charge is 0.359 e. The van der Waals surface area contributed by atoms with E-state index in [1.165, 1.54) is 0 Å². The molecule has 6 nitrogen and oxygen atoms in total. The van der Waals surface area contributed by atoms with Crippen LogP contribution in [0, 0.1) is 12.3 Å². The lowest BCUT2D eigenvalue weighted by Crippen LogP contribution is -2.27. The fraction of sp³-hybridized carbons (Fsp3) is 0.467. The summed E-state index contributed by atoms with van der Waals surface area (Å²) in [6.07, 6.45) is 0.800. The number of nitrogens with one attached hydrogen (secondary N) is 2. The maximum atomic E-state index is 11.3. The van der Waals surface area contributed by atoms with Crippen molar-refractivity contribution >= 4 is 33.3 Å². The van der Waals surface area contributed by atoms with E-state index in [2.05, 4.69) is 51.4 Å². The Bertz CT molecular complexity index is 704. The van der Waals surface area contributed by atoms with Crippen molar-refractivity contribution in [1.82, 2.24) is 14.9 Å². The summed E-state index contributed by atoms with van der Waals surface area (Å²) >= 11 is 3.55. The Balaban J connectivity index is 2.52. The summed E-state index contributed by atoms with van der Waals surface area (Å²) in [5, 5.41) is 11.6. The third-order valence-electron chi connectivity index (χ3n) is 3.30. The van der Waals surface area contributed by atoms with Gasteiger partial charge in [0.2, 0.25) is 0 Å². The quantitative estimate of drug-likeness (QED) is 0.572. The van der Waals surface area contributed by atoms with Crippen molar-refractivity contribution in [2.75, 3.05) is 11.9 Å². The number of imidazole rings is 1. The van der Waals surface area contributed by atoms with Crippen molar-refractivity contribution in [1.29, 1.82) is 0 Å². The number of pyridine rings is 1. The highest BCUT2D eigenvalue weighted by Gasteiger charge is 2.21. The van der Waals surface area contributed by atoms with Gasteiger partial charge in [0, 0.05) is 10.2 Å². The molecule has 0 aliphatic rings. The molecule has 0 atom stereocenters. The minimum absolute atomic E-state index is 0.0300. The van der Waals surface area contributed by atoms with Crippen LogP contribution >= 0.6 is 15.9 Å². The van der Waals surface area contributed by atoms with Crippen LogP contribution in [-0.2, 0) is 11.2 Å². The van der Waals surface area contributed by atoms with E-state index in [9.17, 15) is 4.79 Å². The first-order chi connectivity index (χ1) is 10.2. The van der Waals surface area contributed by atoms with Gasteiger partial charge in [-0.3, -0.25) is 14.4 Å². The van der Waals surface area contributed by atoms with Gasteiger partial charge < -0.3 is 5.32 Å². The summed E-state index contributed by atoms with van der Waals surface area (Å²) in [7, 11) is 0. The number of amides is 1. The molecule has 2 heterocycles. The van der Waals surface area contributed by atoms with Gasteiger partial charge in [0.05, 0.1) is 12.2 Å². The van der Waals surface area contributed by atoms with Crippen molar-refractivity contribution in [2.45, 2.75) is 34.1 Å². The standard InChI is InChI=1S/C15H21BrN4O2/c1-9-10(16)5-6-12-18-14(17-8-13(21)19-22)11(20(9)12)7-15(2,3)4/h5-6,17,22H,7-8H2,1-4H3,(H,19,21). The molecule has 2 rings (SSSR count). The van der Waals surface area contributed by atoms with Gasteiger partial charge in [0.1, 0.15) is 11.5 Å². The van der Waals surface area contributed by atoms with Gasteiger partial charge in [-0.25, -0.2) is 10.5 Å². The van der Waals surface area contributed by atoms with E-state index in [0.29, 0.717) is 5.82 Å². The van der Waals surface area contributed by atoms with Crippen molar-refractivity contribution in [3.63, 3.8) is 0 Å². The molecule has 0 saturated heterocycles. The number of hydrogen-bond acceptors (Lipinski definition) is 4. The maximum Gasteiger partial charge on any atom is 0.262 e. The van der Waals surface area contributed by atoms with E-state index in [1.54, 1.807) is 5.48 Å². The first-order valence-electron chi connectivity index (χ1n) is 7.06. The molecule has 0 unspecified atom stereocenters. The molecule has 0 aliphatic carbocycles. The Morgan fingerprint density at radius 3 is 2.68 bits per heavy atom. The molecule has 0 saturated carbocycles. The molecule has 1 amide bonds. The van der Waals surface area contributed by atoms with E-state index in [4.69, 9.17) is 5.21 Å². The third kappa shape index (κ3) is 3.59. The van der Waals surface area contributed by atoms with Gasteiger partial charge in [-0.15, -0.1) is 0 Å². The van der Waals surface area contributed by atoms with Gasteiger partial charge in [0.15, 0.2) is 0 Å². The number of rotatable bonds is 4. The van der Waals surface area contributed by atoms with Gasteiger partial charge in [-0.1, -0.05) is 20.8 Å². The number of halogens is 1. The summed E-state index contributed by atoms with van der Waals surface area (Å²) in [5.74, 6) is 0.163. The summed E-state index contributed by atoms with van der Waals surface area (Å²) in [5.41, 5.74) is 4.59. The minimum atomic E-state index is -0.503. The molecule has 0 spiro atoms. The Hall–Kier alpha value is -1.60. The van der Waals surface area contributed by atoms with Gasteiger partial charge in [-0.05, 0) is 46.8 Å². The number of fused-ring (bicyclic) bond motifs is 1. The normalized spacial score (nSPS) is 11.7. The van der Waals surface area contributed by atoms with Crippen molar-refractivity contribution in [3.05, 3.63) is 28.0 Å². The second-order valence-corrected chi connectivity index (χ2v) is 7.35. The number of anilines is 1. The number of hydroxylamine groups is 1. The van der Waals surface area contributed by atoms with E-state index >= 15 is 0 Å². The van der Waals surface area contributed by atoms with Crippen LogP contribution in [-0.4, -0.2) is 27.0 Å². The maximum absolute atomic E-state index is 11.3. The van der Waals surface area contributed by atoms with Crippen LogP contribution < -0.4 is 10.8 Å². The highest BCUT2D eigenvalue weighted by atomic mass is 79.9. The zero-order valence-electron chi connectivity index (χ0n) is 13.2. The number of carbonyl (C=O) groups is 1. The fourth-order valence-electron chi connectivity index (χ4n) is 2.34. The predicted octanol–water partition coefficient (Wildman–Crippen LogP) is 2.91.